The first-order valence-electron chi connectivity index (χ1n) is 35.5. The Morgan fingerprint density at radius 2 is 0.959 bits per heavy atom. The fourth-order valence-corrected chi connectivity index (χ4v) is 13.3. The van der Waals surface area contributed by atoms with E-state index in [1.807, 2.05) is 47.6 Å². The van der Waals surface area contributed by atoms with Crippen LogP contribution < -0.4 is 26.6 Å². The van der Waals surface area contributed by atoms with E-state index in [0.717, 1.165) is 35.7 Å². The molecule has 98 heavy (non-hydrogen) atoms. The minimum atomic E-state index is -1.66. The smallest absolute Gasteiger partial charge is 0.246 e. The van der Waals surface area contributed by atoms with Gasteiger partial charge in [-0.25, -0.2) is 0 Å². The summed E-state index contributed by atoms with van der Waals surface area (Å²) in [5.41, 5.74) is -1.51. The lowest BCUT2D eigenvalue weighted by Gasteiger charge is -2.41. The molecule has 0 bridgehead atoms. The maximum atomic E-state index is 15.5. The van der Waals surface area contributed by atoms with Crippen LogP contribution >= 0.6 is 11.8 Å². The Balaban J connectivity index is 4.55. The summed E-state index contributed by atoms with van der Waals surface area (Å²) < 4.78 is 0. The van der Waals surface area contributed by atoms with Crippen molar-refractivity contribution in [3.63, 3.8) is 0 Å². The summed E-state index contributed by atoms with van der Waals surface area (Å²) in [5.74, 6) is -9.65. The number of unbranched alkanes of at least 4 members (excludes halogenated alkanes) is 1. The molecule has 1 heterocycles. The van der Waals surface area contributed by atoms with Gasteiger partial charge in [0.25, 0.3) is 0 Å². The predicted octanol–water partition coefficient (Wildman–Crippen LogP) is 4.90. The van der Waals surface area contributed by atoms with Gasteiger partial charge in [-0.1, -0.05) is 116 Å². The highest BCUT2D eigenvalue weighted by molar-refractivity contribution is 7.99. The zero-order valence-corrected chi connectivity index (χ0v) is 65.8. The number of carbonyl (C=O) groups excluding carboxylic acids is 11. The van der Waals surface area contributed by atoms with Crippen molar-refractivity contribution in [3.8, 4) is 0 Å². The molecule has 1 fully saturated rings. The molecular formula is C72H132N12O13S. The maximum absolute atomic E-state index is 15.5. The number of hydrogen-bond donors (Lipinski definition) is 7. The number of thioether (sulfide) groups is 1. The molecule has 25 nitrogen and oxygen atoms in total. The van der Waals surface area contributed by atoms with Crippen molar-refractivity contribution in [2.45, 2.75) is 268 Å². The quantitative estimate of drug-likeness (QED) is 0.0529. The lowest BCUT2D eigenvalue weighted by atomic mass is 9.91. The summed E-state index contributed by atoms with van der Waals surface area (Å²) in [5, 5.41) is 38.4. The molecule has 1 saturated heterocycles. The van der Waals surface area contributed by atoms with Crippen LogP contribution in [-0.2, 0) is 52.7 Å². The average Bonchev–Trinajstić information content (AvgIpc) is 0.802. The average molecular weight is 1410 g/mol. The van der Waals surface area contributed by atoms with Crippen LogP contribution in [0.3, 0.4) is 0 Å². The number of carbonyl (C=O) groups is 11. The van der Waals surface area contributed by atoms with Gasteiger partial charge in [-0.05, 0) is 139 Å². The van der Waals surface area contributed by atoms with Gasteiger partial charge in [0, 0.05) is 61.5 Å². The van der Waals surface area contributed by atoms with E-state index in [1.54, 1.807) is 54.5 Å². The fraction of sp³-hybridized carbons (Fsp3) is 0.819. The zero-order valence-electron chi connectivity index (χ0n) is 65.0. The maximum Gasteiger partial charge on any atom is 0.246 e. The molecule has 13 atom stereocenters. The Hall–Kier alpha value is -5.86. The number of amides is 11. The van der Waals surface area contributed by atoms with Crippen molar-refractivity contribution in [1.82, 2.24) is 60.9 Å². The molecule has 1 aliphatic heterocycles. The van der Waals surface area contributed by atoms with E-state index < -0.39 is 161 Å². The van der Waals surface area contributed by atoms with Crippen molar-refractivity contribution in [3.05, 3.63) is 12.2 Å². The van der Waals surface area contributed by atoms with Gasteiger partial charge in [0.1, 0.15) is 66.5 Å². The van der Waals surface area contributed by atoms with Gasteiger partial charge in [-0.3, -0.25) is 52.7 Å². The number of aliphatic hydroxyl groups excluding tert-OH is 1. The van der Waals surface area contributed by atoms with Gasteiger partial charge in [-0.15, -0.1) is 0 Å². The summed E-state index contributed by atoms with van der Waals surface area (Å²) >= 11 is 1.41. The molecule has 0 aromatic carbocycles. The van der Waals surface area contributed by atoms with E-state index in [0.29, 0.717) is 5.75 Å². The van der Waals surface area contributed by atoms with E-state index in [2.05, 4.69) is 47.4 Å². The van der Waals surface area contributed by atoms with Crippen molar-refractivity contribution >= 4 is 76.7 Å². The summed E-state index contributed by atoms with van der Waals surface area (Å²) in [7, 11) is 9.91. The highest BCUT2D eigenvalue weighted by Gasteiger charge is 2.47. The summed E-state index contributed by atoms with van der Waals surface area (Å²) in [6.45, 7) is 37.0. The van der Waals surface area contributed by atoms with Crippen LogP contribution in [-0.4, -0.2) is 262 Å². The van der Waals surface area contributed by atoms with Gasteiger partial charge in [0.15, 0.2) is 0 Å². The molecule has 26 heteroatoms. The SMILES string of the molecule is CC=CC[C@@H](C)[C@@H](O)[C@H]1C(=O)N[C@@H](CC)C(=O)N(C)[C@H](CSCCCCNCC(C)(C)C)C(=O)N(C)[C@@H](CC(C)(C)O)C(=O)N[C@@H](C(C)C)C(=O)N(C)[C@@H](CC(C)C)C(=O)N[C@@H](C)C(=O)N[C@H](C)C(=O)N(C)[C@@H](CC(C)C)C(=O)N(C)[C@@H](CC(C)C)C(=O)N(C)[C@@H](C(C)C)C(=O)N1C. The third-order valence-electron chi connectivity index (χ3n) is 18.2. The van der Waals surface area contributed by atoms with Crippen LogP contribution in [0.1, 0.15) is 190 Å². The van der Waals surface area contributed by atoms with Crippen LogP contribution in [0.2, 0.25) is 0 Å². The van der Waals surface area contributed by atoms with Gasteiger partial charge >= 0.3 is 0 Å². The predicted molar refractivity (Wildman–Crippen MR) is 388 cm³/mol. The Bertz CT molecular complexity index is 2660. The minimum Gasteiger partial charge on any atom is -0.390 e. The second kappa shape index (κ2) is 41.2. The molecule has 11 amide bonds. The minimum absolute atomic E-state index is 0.0259. The number of aliphatic hydroxyl groups is 2. The number of nitrogens with zero attached hydrogens (tertiary/aromatic N) is 7. The first kappa shape index (κ1) is 90.2. The third-order valence-corrected chi connectivity index (χ3v) is 19.3. The first-order chi connectivity index (χ1) is 45.1. The lowest BCUT2D eigenvalue weighted by molar-refractivity contribution is -0.157. The summed E-state index contributed by atoms with van der Waals surface area (Å²) in [4.78, 5) is 173. The topological polar surface area (TPSA) is 311 Å². The Labute approximate surface area is 593 Å². The summed E-state index contributed by atoms with van der Waals surface area (Å²) in [6, 6.07) is -14.4. The molecule has 7 N–H and O–H groups in total. The van der Waals surface area contributed by atoms with Gasteiger partial charge < -0.3 is 71.1 Å². The third kappa shape index (κ3) is 27.6. The lowest BCUT2D eigenvalue weighted by Crippen LogP contribution is -2.64. The van der Waals surface area contributed by atoms with E-state index in [-0.39, 0.29) is 67.4 Å². The van der Waals surface area contributed by atoms with Crippen molar-refractivity contribution in [2.75, 3.05) is 73.9 Å². The highest BCUT2D eigenvalue weighted by Crippen LogP contribution is 2.27. The van der Waals surface area contributed by atoms with E-state index in [1.165, 1.54) is 113 Å². The number of nitrogens with one attached hydrogen (secondary N) is 5. The van der Waals surface area contributed by atoms with Crippen LogP contribution in [0.25, 0.3) is 0 Å². The molecule has 0 radical (unpaired) electrons. The van der Waals surface area contributed by atoms with Crippen LogP contribution in [0, 0.1) is 40.9 Å². The van der Waals surface area contributed by atoms with Gasteiger partial charge in [0.2, 0.25) is 65.0 Å². The fourth-order valence-electron chi connectivity index (χ4n) is 12.1. The second-order valence-electron chi connectivity index (χ2n) is 31.2. The number of allylic oxidation sites excluding steroid dienone is 2. The van der Waals surface area contributed by atoms with Crippen LogP contribution in [0.4, 0.5) is 0 Å². The Morgan fingerprint density at radius 3 is 1.44 bits per heavy atom. The Morgan fingerprint density at radius 1 is 0.510 bits per heavy atom. The molecule has 0 unspecified atom stereocenters. The zero-order chi connectivity index (χ0) is 75.9. The number of likely N-dealkylation sites (N-methyl/N-ethyl adjacent to an activating group) is 7. The van der Waals surface area contributed by atoms with E-state index >= 15 is 33.6 Å². The van der Waals surface area contributed by atoms with E-state index in [9.17, 15) is 29.4 Å². The standard InChI is InChI=1S/C72H132N12O13S/c1-28-30-33-47(13)59(85)58-63(89)76-50(29-2)65(91)82(25)55(40-98-35-32-31-34-73-41-71(16,17)18)68(94)81(24)54(39-72(19,20)97)62(88)77-56(45(9)10)69(95)78(21)51(36-42(3)4)61(87)74-48(14)60(86)75-49(15)64(90)79(22)52(37-43(5)6)66(92)80(23)53(38-44(7)8)67(93)83(26)57(46(11)12)70(96)84(58)27/h28,30,42-59,73,85,97H,29,31-41H2,1-27H3,(H,74,87)(H,75,86)(H,76,89)(H,77,88)/t47-,48+,49-,50+,51+,52+,53+,54+,55-,56+,57+,58+,59-/m1/s1. The van der Waals surface area contributed by atoms with Crippen LogP contribution in [0.15, 0.2) is 12.2 Å². The molecule has 564 valence electrons. The normalized spacial score (nSPS) is 26.0. The van der Waals surface area contributed by atoms with Crippen molar-refractivity contribution in [2.24, 2.45) is 40.9 Å². The van der Waals surface area contributed by atoms with Crippen molar-refractivity contribution < 1.29 is 63.0 Å². The molecule has 1 rings (SSSR count). The molecule has 0 aliphatic carbocycles. The first-order valence-corrected chi connectivity index (χ1v) is 36.7. The van der Waals surface area contributed by atoms with E-state index in [4.69, 9.17) is 0 Å². The monoisotopic (exact) mass is 1400 g/mol. The summed E-state index contributed by atoms with van der Waals surface area (Å²) in [6.07, 6.45) is 3.93. The highest BCUT2D eigenvalue weighted by atomic mass is 32.2. The molecular weight excluding hydrogens is 1270 g/mol. The molecule has 0 aromatic heterocycles. The molecule has 0 spiro atoms. The van der Waals surface area contributed by atoms with Crippen molar-refractivity contribution in [1.29, 1.82) is 0 Å². The second-order valence-corrected chi connectivity index (χ2v) is 32.4. The molecule has 0 saturated carbocycles. The molecule has 1 aliphatic rings. The Kier molecular flexibility index (Phi) is 37.9. The largest absolute Gasteiger partial charge is 0.390 e. The molecule has 0 aromatic rings. The van der Waals surface area contributed by atoms with Gasteiger partial charge in [-0.2, -0.15) is 11.8 Å². The number of rotatable bonds is 23. The number of hydrogen-bond acceptors (Lipinski definition) is 15. The van der Waals surface area contributed by atoms with Gasteiger partial charge in [0.05, 0.1) is 11.7 Å². The van der Waals surface area contributed by atoms with Crippen LogP contribution in [0.5, 0.6) is 0 Å².